The van der Waals surface area contributed by atoms with Crippen LogP contribution in [0.3, 0.4) is 0 Å². The molecule has 6 nitrogen and oxygen atoms in total. The number of carbonyl (C=O) groups is 2. The van der Waals surface area contributed by atoms with Gasteiger partial charge in [-0.1, -0.05) is 52.8 Å². The Morgan fingerprint density at radius 1 is 1.06 bits per heavy atom. The Morgan fingerprint density at radius 2 is 1.76 bits per heavy atom. The highest BCUT2D eigenvalue weighted by atomic mass is 16.5. The van der Waals surface area contributed by atoms with Crippen molar-refractivity contribution in [2.75, 3.05) is 19.5 Å². The highest BCUT2D eigenvalue weighted by Gasteiger charge is 2.24. The van der Waals surface area contributed by atoms with Crippen LogP contribution in [0.2, 0.25) is 0 Å². The van der Waals surface area contributed by atoms with Crippen LogP contribution in [0, 0.1) is 5.92 Å². The monoisotopic (exact) mass is 455 g/mol. The lowest BCUT2D eigenvalue weighted by atomic mass is 9.84. The van der Waals surface area contributed by atoms with Crippen LogP contribution >= 0.6 is 0 Å². The van der Waals surface area contributed by atoms with E-state index in [0.29, 0.717) is 22.9 Å². The van der Waals surface area contributed by atoms with Crippen LogP contribution in [-0.4, -0.2) is 31.2 Å². The second kappa shape index (κ2) is 11.3. The van der Waals surface area contributed by atoms with Gasteiger partial charge in [-0.2, -0.15) is 0 Å². The first-order valence-electron chi connectivity index (χ1n) is 11.3. The lowest BCUT2D eigenvalue weighted by Gasteiger charge is -2.25. The third-order valence-electron chi connectivity index (χ3n) is 5.63. The fourth-order valence-electron chi connectivity index (χ4n) is 4.05. The van der Waals surface area contributed by atoms with E-state index in [1.807, 2.05) is 24.3 Å². The maximum Gasteiger partial charge on any atom is 0.337 e. The molecule has 0 saturated carbocycles. The minimum atomic E-state index is -0.447. The summed E-state index contributed by atoms with van der Waals surface area (Å²) >= 11 is 0. The van der Waals surface area contributed by atoms with Gasteiger partial charge in [0.25, 0.3) is 0 Å². The molecule has 1 atom stereocenters. The molecule has 0 aromatic heterocycles. The summed E-state index contributed by atoms with van der Waals surface area (Å²) in [6.45, 7) is 10.4. The van der Waals surface area contributed by atoms with Gasteiger partial charge in [-0.25, -0.2) is 4.79 Å². The molecule has 0 aliphatic carbocycles. The van der Waals surface area contributed by atoms with Crippen LogP contribution in [0.25, 0.3) is 0 Å². The largest absolute Gasteiger partial charge is 0.496 e. The lowest BCUT2D eigenvalue weighted by Crippen LogP contribution is -2.21. The van der Waals surface area contributed by atoms with Crippen molar-refractivity contribution < 1.29 is 24.2 Å². The molecule has 0 heterocycles. The van der Waals surface area contributed by atoms with Gasteiger partial charge in [-0.3, -0.25) is 4.79 Å². The number of anilines is 1. The van der Waals surface area contributed by atoms with E-state index in [1.165, 1.54) is 7.11 Å². The zero-order chi connectivity index (χ0) is 24.8. The number of aliphatic hydroxyl groups excluding tert-OH is 1. The molecule has 0 saturated heterocycles. The molecule has 1 amide bonds. The summed E-state index contributed by atoms with van der Waals surface area (Å²) in [5, 5.41) is 12.5. The molecular weight excluding hydrogens is 418 g/mol. The molecule has 2 N–H and O–H groups in total. The average molecular weight is 456 g/mol. The fourth-order valence-corrected chi connectivity index (χ4v) is 4.05. The van der Waals surface area contributed by atoms with Crippen molar-refractivity contribution in [2.24, 2.45) is 5.92 Å². The predicted octanol–water partition coefficient (Wildman–Crippen LogP) is 5.43. The summed E-state index contributed by atoms with van der Waals surface area (Å²) in [6, 6.07) is 10.9. The summed E-state index contributed by atoms with van der Waals surface area (Å²) in [6.07, 6.45) is 1.07. The van der Waals surface area contributed by atoms with E-state index in [-0.39, 0.29) is 30.3 Å². The van der Waals surface area contributed by atoms with Gasteiger partial charge in [-0.05, 0) is 58.6 Å². The van der Waals surface area contributed by atoms with Crippen molar-refractivity contribution in [1.29, 1.82) is 0 Å². The van der Waals surface area contributed by atoms with Gasteiger partial charge in [0, 0.05) is 12.1 Å². The Hall–Kier alpha value is -2.86. The summed E-state index contributed by atoms with van der Waals surface area (Å²) in [7, 11) is 2.94. The van der Waals surface area contributed by atoms with Gasteiger partial charge in [-0.15, -0.1) is 0 Å². The molecule has 33 heavy (non-hydrogen) atoms. The standard InChI is InChI=1S/C27H37NO5/c1-17(2)12-20(21-10-8-18(16-29)13-24(21)32-6)15-25(30)28-23-14-19(26(31)33-7)9-11-22(23)27(3,4)5/h8-11,13-14,17,20,29H,12,15-16H2,1-7H3,(H,28,30). The van der Waals surface area contributed by atoms with Gasteiger partial charge in [0.05, 0.1) is 26.4 Å². The van der Waals surface area contributed by atoms with E-state index >= 15 is 0 Å². The van der Waals surface area contributed by atoms with E-state index in [0.717, 1.165) is 23.1 Å². The van der Waals surface area contributed by atoms with Crippen molar-refractivity contribution in [3.05, 3.63) is 58.7 Å². The van der Waals surface area contributed by atoms with Gasteiger partial charge >= 0.3 is 5.97 Å². The molecule has 0 bridgehead atoms. The van der Waals surface area contributed by atoms with E-state index in [1.54, 1.807) is 19.2 Å². The predicted molar refractivity (Wildman–Crippen MR) is 131 cm³/mol. The second-order valence-electron chi connectivity index (χ2n) is 9.82. The number of rotatable bonds is 9. The SMILES string of the molecule is COC(=O)c1ccc(C(C)(C)C)c(NC(=O)CC(CC(C)C)c2ccc(CO)cc2OC)c1. The third-order valence-corrected chi connectivity index (χ3v) is 5.63. The summed E-state index contributed by atoms with van der Waals surface area (Å²) in [4.78, 5) is 25.3. The molecule has 0 radical (unpaired) electrons. The Morgan fingerprint density at radius 3 is 2.30 bits per heavy atom. The van der Waals surface area contributed by atoms with Crippen molar-refractivity contribution in [1.82, 2.24) is 0 Å². The van der Waals surface area contributed by atoms with Crippen LogP contribution in [0.4, 0.5) is 5.69 Å². The molecule has 0 fully saturated rings. The number of carbonyl (C=O) groups excluding carboxylic acids is 2. The smallest absolute Gasteiger partial charge is 0.337 e. The first kappa shape index (κ1) is 26.4. The molecule has 0 aliphatic heterocycles. The van der Waals surface area contributed by atoms with Gasteiger partial charge < -0.3 is 19.9 Å². The number of amides is 1. The van der Waals surface area contributed by atoms with E-state index in [4.69, 9.17) is 9.47 Å². The normalized spacial score (nSPS) is 12.4. The third kappa shape index (κ3) is 7.06. The van der Waals surface area contributed by atoms with Crippen LogP contribution in [0.15, 0.2) is 36.4 Å². The summed E-state index contributed by atoms with van der Waals surface area (Å²) in [5.74, 6) is 0.397. The molecule has 2 rings (SSSR count). The number of nitrogens with one attached hydrogen (secondary N) is 1. The van der Waals surface area contributed by atoms with Crippen molar-refractivity contribution in [2.45, 2.75) is 65.4 Å². The molecule has 1 unspecified atom stereocenters. The number of benzene rings is 2. The van der Waals surface area contributed by atoms with Crippen molar-refractivity contribution in [3.63, 3.8) is 0 Å². The number of aliphatic hydroxyl groups is 1. The van der Waals surface area contributed by atoms with E-state index in [9.17, 15) is 14.7 Å². The van der Waals surface area contributed by atoms with Crippen molar-refractivity contribution >= 4 is 17.6 Å². The number of esters is 1. The Labute approximate surface area is 197 Å². The quantitative estimate of drug-likeness (QED) is 0.493. The Balaban J connectivity index is 2.37. The molecule has 2 aromatic rings. The number of hydrogen-bond donors (Lipinski definition) is 2. The maximum atomic E-state index is 13.2. The van der Waals surface area contributed by atoms with Gasteiger partial charge in [0.2, 0.25) is 5.91 Å². The van der Waals surface area contributed by atoms with E-state index < -0.39 is 5.97 Å². The summed E-state index contributed by atoms with van der Waals surface area (Å²) < 4.78 is 10.4. The zero-order valence-corrected chi connectivity index (χ0v) is 20.8. The minimum absolute atomic E-state index is 0.0606. The maximum absolute atomic E-state index is 13.2. The highest BCUT2D eigenvalue weighted by Crippen LogP contribution is 2.36. The lowest BCUT2D eigenvalue weighted by molar-refractivity contribution is -0.116. The minimum Gasteiger partial charge on any atom is -0.496 e. The van der Waals surface area contributed by atoms with Crippen LogP contribution in [-0.2, 0) is 21.6 Å². The fraction of sp³-hybridized carbons (Fsp3) is 0.481. The Bertz CT molecular complexity index is 975. The second-order valence-corrected chi connectivity index (χ2v) is 9.82. The zero-order valence-electron chi connectivity index (χ0n) is 20.8. The van der Waals surface area contributed by atoms with Gasteiger partial charge in [0.1, 0.15) is 5.75 Å². The molecule has 6 heteroatoms. The Kier molecular flexibility index (Phi) is 9.06. The number of ether oxygens (including phenoxy) is 2. The van der Waals surface area contributed by atoms with Crippen LogP contribution in [0.5, 0.6) is 5.75 Å². The first-order chi connectivity index (χ1) is 15.5. The van der Waals surface area contributed by atoms with Gasteiger partial charge in [0.15, 0.2) is 0 Å². The number of hydrogen-bond acceptors (Lipinski definition) is 5. The van der Waals surface area contributed by atoms with E-state index in [2.05, 4.69) is 39.9 Å². The van der Waals surface area contributed by atoms with Crippen LogP contribution < -0.4 is 10.1 Å². The first-order valence-corrected chi connectivity index (χ1v) is 11.3. The molecule has 0 aliphatic rings. The molecular formula is C27H37NO5. The molecule has 0 spiro atoms. The topological polar surface area (TPSA) is 84.9 Å². The molecule has 180 valence electrons. The number of methoxy groups -OCH3 is 2. The molecule has 2 aromatic carbocycles. The highest BCUT2D eigenvalue weighted by molar-refractivity contribution is 5.96. The average Bonchev–Trinajstić information content (AvgIpc) is 2.76. The van der Waals surface area contributed by atoms with Crippen molar-refractivity contribution in [3.8, 4) is 5.75 Å². The summed E-state index contributed by atoms with van der Waals surface area (Å²) in [5.41, 5.74) is 3.42. The van der Waals surface area contributed by atoms with Crippen LogP contribution in [0.1, 0.15) is 80.4 Å².